The first kappa shape index (κ1) is 16.4. The Hall–Kier alpha value is -1.42. The molecule has 1 saturated carbocycles. The highest BCUT2D eigenvalue weighted by atomic mass is 32.1. The third-order valence-corrected chi connectivity index (χ3v) is 5.18. The third kappa shape index (κ3) is 3.92. The summed E-state index contributed by atoms with van der Waals surface area (Å²) in [4.78, 5) is 15.5. The maximum absolute atomic E-state index is 12.2. The molecule has 1 saturated heterocycles. The molecule has 1 heterocycles. The van der Waals surface area contributed by atoms with Crippen molar-refractivity contribution < 1.29 is 9.53 Å². The van der Waals surface area contributed by atoms with Gasteiger partial charge in [0, 0.05) is 19.0 Å². The van der Waals surface area contributed by atoms with E-state index in [0.717, 1.165) is 30.9 Å². The van der Waals surface area contributed by atoms with Gasteiger partial charge in [-0.3, -0.25) is 4.79 Å². The fourth-order valence-corrected chi connectivity index (χ4v) is 3.88. The van der Waals surface area contributed by atoms with Crippen LogP contribution in [0.5, 0.6) is 0 Å². The van der Waals surface area contributed by atoms with Crippen LogP contribution in [0, 0.1) is 17.8 Å². The Labute approximate surface area is 144 Å². The summed E-state index contributed by atoms with van der Waals surface area (Å²) in [5.41, 5.74) is 0.884. The largest absolute Gasteiger partial charge is 0.460 e. The maximum atomic E-state index is 12.2. The van der Waals surface area contributed by atoms with E-state index in [1.54, 1.807) is 0 Å². The number of hydrogen-bond donors (Lipinski definition) is 0. The number of thiocarbonyl (C=S) groups is 1. The molecule has 23 heavy (non-hydrogen) atoms. The Morgan fingerprint density at radius 3 is 2.65 bits per heavy atom. The van der Waals surface area contributed by atoms with Crippen molar-refractivity contribution in [3.05, 3.63) is 35.9 Å². The number of carbonyl (C=O) groups is 1. The predicted octanol–water partition coefficient (Wildman–Crippen LogP) is 3.81. The molecule has 3 rings (SSSR count). The summed E-state index contributed by atoms with van der Waals surface area (Å²) >= 11 is 5.70. The minimum atomic E-state index is -0.403. The number of hydrogen-bond acceptors (Lipinski definition) is 3. The zero-order chi connectivity index (χ0) is 16.6. The molecule has 2 fully saturated rings. The van der Waals surface area contributed by atoms with Gasteiger partial charge in [-0.05, 0) is 45.1 Å². The molecule has 1 aliphatic heterocycles. The Morgan fingerprint density at radius 2 is 2.00 bits per heavy atom. The van der Waals surface area contributed by atoms with Crippen molar-refractivity contribution in [3.8, 4) is 0 Å². The SMILES string of the molecule is CC(C)(C)OC(=O)C1CC1C1CCN(Cc2ccccc2)C1=S. The molecule has 1 aromatic rings. The lowest BCUT2D eigenvalue weighted by atomic mass is 10.0. The average Bonchev–Trinajstić information content (AvgIpc) is 3.19. The van der Waals surface area contributed by atoms with Crippen molar-refractivity contribution in [3.63, 3.8) is 0 Å². The maximum Gasteiger partial charge on any atom is 0.309 e. The number of esters is 1. The molecule has 3 unspecified atom stereocenters. The molecule has 0 spiro atoms. The second kappa shape index (κ2) is 6.23. The van der Waals surface area contributed by atoms with Crippen LogP contribution in [0.1, 0.15) is 39.2 Å². The van der Waals surface area contributed by atoms with E-state index in [1.807, 2.05) is 26.8 Å². The number of likely N-dealkylation sites (tertiary alicyclic amines) is 1. The molecule has 3 atom stereocenters. The van der Waals surface area contributed by atoms with Crippen molar-refractivity contribution in [2.24, 2.45) is 17.8 Å². The molecule has 1 aliphatic carbocycles. The van der Waals surface area contributed by atoms with Crippen LogP contribution >= 0.6 is 12.2 Å². The van der Waals surface area contributed by atoms with Gasteiger partial charge in [0.1, 0.15) is 5.60 Å². The molecule has 0 radical (unpaired) electrons. The summed E-state index contributed by atoms with van der Waals surface area (Å²) in [6.07, 6.45) is 1.99. The van der Waals surface area contributed by atoms with Gasteiger partial charge in [-0.15, -0.1) is 0 Å². The lowest BCUT2D eigenvalue weighted by Gasteiger charge is -2.21. The predicted molar refractivity (Wildman–Crippen MR) is 95.0 cm³/mol. The highest BCUT2D eigenvalue weighted by Gasteiger charge is 2.52. The monoisotopic (exact) mass is 331 g/mol. The van der Waals surface area contributed by atoms with Gasteiger partial charge in [0.2, 0.25) is 0 Å². The summed E-state index contributed by atoms with van der Waals surface area (Å²) in [7, 11) is 0. The number of carbonyl (C=O) groups excluding carboxylic acids is 1. The topological polar surface area (TPSA) is 29.5 Å². The van der Waals surface area contributed by atoms with E-state index < -0.39 is 5.60 Å². The molecule has 1 aromatic carbocycles. The van der Waals surface area contributed by atoms with Crippen LogP contribution in [0.4, 0.5) is 0 Å². The molecular weight excluding hydrogens is 306 g/mol. The summed E-state index contributed by atoms with van der Waals surface area (Å²) in [5.74, 6) is 0.755. The normalized spacial score (nSPS) is 27.2. The third-order valence-electron chi connectivity index (χ3n) is 4.62. The highest BCUT2D eigenvalue weighted by Crippen LogP contribution is 2.49. The van der Waals surface area contributed by atoms with Gasteiger partial charge in [0.15, 0.2) is 0 Å². The van der Waals surface area contributed by atoms with Gasteiger partial charge in [0.05, 0.1) is 10.9 Å². The number of ether oxygens (including phenoxy) is 1. The first-order valence-electron chi connectivity index (χ1n) is 8.41. The molecule has 0 aromatic heterocycles. The summed E-state index contributed by atoms with van der Waals surface area (Å²) in [6, 6.07) is 10.4. The van der Waals surface area contributed by atoms with Crippen molar-refractivity contribution >= 4 is 23.2 Å². The molecule has 124 valence electrons. The Kier molecular flexibility index (Phi) is 4.45. The number of benzene rings is 1. The van der Waals surface area contributed by atoms with E-state index in [0.29, 0.717) is 11.8 Å². The van der Waals surface area contributed by atoms with Gasteiger partial charge in [-0.1, -0.05) is 42.5 Å². The molecule has 4 heteroatoms. The van der Waals surface area contributed by atoms with Gasteiger partial charge in [0.25, 0.3) is 0 Å². The Morgan fingerprint density at radius 1 is 1.30 bits per heavy atom. The van der Waals surface area contributed by atoms with Crippen molar-refractivity contribution in [1.29, 1.82) is 0 Å². The quantitative estimate of drug-likeness (QED) is 0.620. The van der Waals surface area contributed by atoms with Crippen LogP contribution in [0.2, 0.25) is 0 Å². The zero-order valence-corrected chi connectivity index (χ0v) is 14.9. The van der Waals surface area contributed by atoms with Crippen molar-refractivity contribution in [1.82, 2.24) is 4.90 Å². The van der Waals surface area contributed by atoms with Crippen LogP contribution in [-0.2, 0) is 16.1 Å². The molecule has 0 N–H and O–H groups in total. The zero-order valence-electron chi connectivity index (χ0n) is 14.1. The Bertz CT molecular complexity index is 593. The van der Waals surface area contributed by atoms with Crippen molar-refractivity contribution in [2.75, 3.05) is 6.54 Å². The van der Waals surface area contributed by atoms with E-state index in [2.05, 4.69) is 29.2 Å². The van der Waals surface area contributed by atoms with Gasteiger partial charge >= 0.3 is 5.97 Å². The highest BCUT2D eigenvalue weighted by molar-refractivity contribution is 7.80. The minimum absolute atomic E-state index is 0.0493. The van der Waals surface area contributed by atoms with Crippen LogP contribution in [0.25, 0.3) is 0 Å². The lowest BCUT2D eigenvalue weighted by Crippen LogP contribution is -2.28. The summed E-state index contributed by atoms with van der Waals surface area (Å²) in [5, 5.41) is 0. The van der Waals surface area contributed by atoms with Crippen LogP contribution in [0.15, 0.2) is 30.3 Å². The number of nitrogens with zero attached hydrogens (tertiary/aromatic N) is 1. The first-order chi connectivity index (χ1) is 10.8. The molecule has 0 bridgehead atoms. The fraction of sp³-hybridized carbons (Fsp3) is 0.579. The van der Waals surface area contributed by atoms with E-state index in [1.165, 1.54) is 5.56 Å². The van der Waals surface area contributed by atoms with Crippen LogP contribution < -0.4 is 0 Å². The van der Waals surface area contributed by atoms with Gasteiger partial charge in [-0.2, -0.15) is 0 Å². The van der Waals surface area contributed by atoms with Crippen LogP contribution in [-0.4, -0.2) is 28.0 Å². The van der Waals surface area contributed by atoms with Gasteiger partial charge < -0.3 is 9.64 Å². The molecular formula is C19H25NO2S. The van der Waals surface area contributed by atoms with E-state index in [9.17, 15) is 4.79 Å². The van der Waals surface area contributed by atoms with E-state index in [-0.39, 0.29) is 11.9 Å². The smallest absolute Gasteiger partial charge is 0.309 e. The Balaban J connectivity index is 1.55. The van der Waals surface area contributed by atoms with Crippen LogP contribution in [0.3, 0.4) is 0 Å². The standard InChI is InChI=1S/C19H25NO2S/c1-19(2,3)22-18(21)16-11-15(16)14-9-10-20(17(14)23)12-13-7-5-4-6-8-13/h4-8,14-16H,9-12H2,1-3H3. The summed E-state index contributed by atoms with van der Waals surface area (Å²) < 4.78 is 5.51. The summed E-state index contributed by atoms with van der Waals surface area (Å²) in [6.45, 7) is 7.63. The second-order valence-electron chi connectivity index (χ2n) is 7.68. The average molecular weight is 331 g/mol. The second-order valence-corrected chi connectivity index (χ2v) is 8.10. The molecule has 3 nitrogen and oxygen atoms in total. The number of rotatable bonds is 4. The van der Waals surface area contributed by atoms with E-state index >= 15 is 0 Å². The fourth-order valence-electron chi connectivity index (χ4n) is 3.43. The molecule has 0 amide bonds. The molecule has 2 aliphatic rings. The van der Waals surface area contributed by atoms with E-state index in [4.69, 9.17) is 17.0 Å². The first-order valence-corrected chi connectivity index (χ1v) is 8.81. The lowest BCUT2D eigenvalue weighted by molar-refractivity contribution is -0.156. The van der Waals surface area contributed by atoms with Crippen molar-refractivity contribution in [2.45, 2.75) is 45.8 Å². The van der Waals surface area contributed by atoms with Gasteiger partial charge in [-0.25, -0.2) is 0 Å². The minimum Gasteiger partial charge on any atom is -0.460 e.